The minimum atomic E-state index is 0.532. The zero-order valence-corrected chi connectivity index (χ0v) is 19.7. The Hall–Kier alpha value is -5.16. The van der Waals surface area contributed by atoms with Crippen LogP contribution in [-0.4, -0.2) is 19.9 Å². The molecular formula is C32H20N4O. The summed E-state index contributed by atoms with van der Waals surface area (Å²) in [5.41, 5.74) is 5.06. The second-order valence-corrected chi connectivity index (χ2v) is 8.77. The molecule has 7 rings (SSSR count). The van der Waals surface area contributed by atoms with E-state index >= 15 is 0 Å². The van der Waals surface area contributed by atoms with Gasteiger partial charge in [-0.25, -0.2) is 19.9 Å². The second-order valence-electron chi connectivity index (χ2n) is 8.77. The molecule has 2 heterocycles. The van der Waals surface area contributed by atoms with E-state index in [4.69, 9.17) is 24.4 Å². The van der Waals surface area contributed by atoms with E-state index in [1.807, 2.05) is 97.1 Å². The van der Waals surface area contributed by atoms with Gasteiger partial charge in [0.25, 0.3) is 0 Å². The molecule has 0 radical (unpaired) electrons. The highest BCUT2D eigenvalue weighted by Crippen LogP contribution is 2.36. The zero-order valence-electron chi connectivity index (χ0n) is 19.7. The third-order valence-electron chi connectivity index (χ3n) is 6.35. The summed E-state index contributed by atoms with van der Waals surface area (Å²) in [7, 11) is 0. The Balaban J connectivity index is 1.52. The summed E-state index contributed by atoms with van der Waals surface area (Å²) in [6.07, 6.45) is 0. The van der Waals surface area contributed by atoms with Gasteiger partial charge >= 0.3 is 0 Å². The van der Waals surface area contributed by atoms with Gasteiger partial charge in [0.2, 0.25) is 5.89 Å². The van der Waals surface area contributed by atoms with Crippen LogP contribution in [0, 0.1) is 0 Å². The summed E-state index contributed by atoms with van der Waals surface area (Å²) >= 11 is 0. The molecule has 0 N–H and O–H groups in total. The molecule has 0 amide bonds. The smallest absolute Gasteiger partial charge is 0.228 e. The van der Waals surface area contributed by atoms with E-state index in [9.17, 15) is 0 Å². The van der Waals surface area contributed by atoms with Crippen LogP contribution in [0.15, 0.2) is 126 Å². The van der Waals surface area contributed by atoms with E-state index in [0.29, 0.717) is 23.4 Å². The van der Waals surface area contributed by atoms with Gasteiger partial charge in [-0.05, 0) is 35.0 Å². The van der Waals surface area contributed by atoms with Crippen LogP contribution in [0.5, 0.6) is 0 Å². The van der Waals surface area contributed by atoms with Crippen molar-refractivity contribution >= 4 is 21.9 Å². The van der Waals surface area contributed by atoms with Crippen LogP contribution in [0.25, 0.3) is 67.5 Å². The molecule has 5 heteroatoms. The summed E-state index contributed by atoms with van der Waals surface area (Å²) in [6, 6.07) is 40.2. The van der Waals surface area contributed by atoms with Crippen LogP contribution in [0.1, 0.15) is 0 Å². The Morgan fingerprint density at radius 1 is 0.432 bits per heavy atom. The van der Waals surface area contributed by atoms with Gasteiger partial charge in [0, 0.05) is 22.3 Å². The number of hydrogen-bond donors (Lipinski definition) is 0. The number of oxazole rings is 1. The molecular weight excluding hydrogens is 456 g/mol. The minimum absolute atomic E-state index is 0.532. The Kier molecular flexibility index (Phi) is 5.03. The number of aromatic nitrogens is 4. The van der Waals surface area contributed by atoms with Crippen molar-refractivity contribution < 1.29 is 4.42 Å². The van der Waals surface area contributed by atoms with Crippen molar-refractivity contribution in [3.05, 3.63) is 121 Å². The van der Waals surface area contributed by atoms with Gasteiger partial charge in [0.05, 0.1) is 0 Å². The van der Waals surface area contributed by atoms with Gasteiger partial charge in [0.15, 0.2) is 23.1 Å². The molecule has 0 fully saturated rings. The topological polar surface area (TPSA) is 64.7 Å². The van der Waals surface area contributed by atoms with Crippen molar-refractivity contribution in [2.24, 2.45) is 0 Å². The van der Waals surface area contributed by atoms with E-state index in [0.717, 1.165) is 44.1 Å². The number of fused-ring (bicyclic) bond motifs is 2. The largest absolute Gasteiger partial charge is 0.436 e. The second kappa shape index (κ2) is 8.81. The highest BCUT2D eigenvalue weighted by molar-refractivity contribution is 5.95. The third-order valence-corrected chi connectivity index (χ3v) is 6.35. The van der Waals surface area contributed by atoms with Crippen molar-refractivity contribution in [1.29, 1.82) is 0 Å². The van der Waals surface area contributed by atoms with Crippen molar-refractivity contribution in [3.8, 4) is 45.6 Å². The number of nitrogens with zero attached hydrogens (tertiary/aromatic N) is 4. The average molecular weight is 477 g/mol. The standard InChI is InChI=1S/C32H20N4O/c1-3-11-21(12-4-1)29-34-30(22-13-5-2-6-14-22)36-31(35-29)25-19-23-15-7-8-16-24(23)20-26(25)32-33-27-17-9-10-18-28(27)37-32/h1-20H. The predicted molar refractivity (Wildman–Crippen MR) is 147 cm³/mol. The SMILES string of the molecule is c1ccc(-c2nc(-c3ccccc3)nc(-c3cc4ccccc4cc3-c3nc4ccccc4o3)n2)cc1. The number of hydrogen-bond acceptors (Lipinski definition) is 5. The molecule has 0 aliphatic heterocycles. The summed E-state index contributed by atoms with van der Waals surface area (Å²) < 4.78 is 6.21. The van der Waals surface area contributed by atoms with E-state index < -0.39 is 0 Å². The van der Waals surface area contributed by atoms with Gasteiger partial charge in [-0.3, -0.25) is 0 Å². The molecule has 0 atom stereocenters. The van der Waals surface area contributed by atoms with E-state index in [1.54, 1.807) is 0 Å². The molecule has 37 heavy (non-hydrogen) atoms. The summed E-state index contributed by atoms with van der Waals surface area (Å²) in [4.78, 5) is 19.5. The zero-order chi connectivity index (χ0) is 24.6. The Morgan fingerprint density at radius 2 is 0.946 bits per heavy atom. The first-order valence-electron chi connectivity index (χ1n) is 12.1. The maximum atomic E-state index is 6.21. The highest BCUT2D eigenvalue weighted by atomic mass is 16.3. The number of para-hydroxylation sites is 2. The molecule has 0 spiro atoms. The Labute approximate surface area is 213 Å². The van der Waals surface area contributed by atoms with E-state index in [2.05, 4.69) is 24.3 Å². The first-order chi connectivity index (χ1) is 18.3. The van der Waals surface area contributed by atoms with E-state index in [-0.39, 0.29) is 0 Å². The molecule has 5 aromatic carbocycles. The van der Waals surface area contributed by atoms with Crippen molar-refractivity contribution in [3.63, 3.8) is 0 Å². The average Bonchev–Trinajstić information content (AvgIpc) is 3.41. The number of benzene rings is 5. The fraction of sp³-hybridized carbons (Fsp3) is 0. The molecule has 0 saturated carbocycles. The van der Waals surface area contributed by atoms with Crippen molar-refractivity contribution in [2.45, 2.75) is 0 Å². The molecule has 7 aromatic rings. The quantitative estimate of drug-likeness (QED) is 0.259. The molecule has 0 aliphatic carbocycles. The van der Waals surface area contributed by atoms with Crippen LogP contribution >= 0.6 is 0 Å². The number of rotatable bonds is 4. The molecule has 174 valence electrons. The monoisotopic (exact) mass is 476 g/mol. The lowest BCUT2D eigenvalue weighted by Gasteiger charge is -2.12. The molecule has 0 unspecified atom stereocenters. The van der Waals surface area contributed by atoms with Gasteiger partial charge in [0.1, 0.15) is 5.52 Å². The summed E-state index contributed by atoms with van der Waals surface area (Å²) in [6.45, 7) is 0. The van der Waals surface area contributed by atoms with Gasteiger partial charge in [-0.1, -0.05) is 97.1 Å². The lowest BCUT2D eigenvalue weighted by Crippen LogP contribution is -2.01. The maximum Gasteiger partial charge on any atom is 0.228 e. The summed E-state index contributed by atoms with van der Waals surface area (Å²) in [5.74, 6) is 2.32. The first kappa shape index (κ1) is 21.1. The first-order valence-corrected chi connectivity index (χ1v) is 12.1. The molecule has 0 bridgehead atoms. The highest BCUT2D eigenvalue weighted by Gasteiger charge is 2.19. The Morgan fingerprint density at radius 3 is 1.57 bits per heavy atom. The molecule has 2 aromatic heterocycles. The third kappa shape index (κ3) is 3.93. The van der Waals surface area contributed by atoms with Gasteiger partial charge in [-0.2, -0.15) is 0 Å². The molecule has 5 nitrogen and oxygen atoms in total. The van der Waals surface area contributed by atoms with Crippen LogP contribution in [0.4, 0.5) is 0 Å². The van der Waals surface area contributed by atoms with Gasteiger partial charge in [-0.15, -0.1) is 0 Å². The summed E-state index contributed by atoms with van der Waals surface area (Å²) in [5, 5.41) is 2.17. The fourth-order valence-corrected chi connectivity index (χ4v) is 4.52. The molecule has 0 saturated heterocycles. The predicted octanol–water partition coefficient (Wildman–Crippen LogP) is 7.83. The lowest BCUT2D eigenvalue weighted by atomic mass is 10.00. The van der Waals surface area contributed by atoms with Gasteiger partial charge < -0.3 is 4.42 Å². The minimum Gasteiger partial charge on any atom is -0.436 e. The van der Waals surface area contributed by atoms with Crippen molar-refractivity contribution in [2.75, 3.05) is 0 Å². The normalized spacial score (nSPS) is 11.2. The van der Waals surface area contributed by atoms with Crippen LogP contribution in [0.3, 0.4) is 0 Å². The molecule has 0 aliphatic rings. The van der Waals surface area contributed by atoms with Crippen LogP contribution in [-0.2, 0) is 0 Å². The van der Waals surface area contributed by atoms with E-state index in [1.165, 1.54) is 0 Å². The Bertz CT molecular complexity index is 1790. The van der Waals surface area contributed by atoms with Crippen molar-refractivity contribution in [1.82, 2.24) is 19.9 Å². The lowest BCUT2D eigenvalue weighted by molar-refractivity contribution is 0.620. The van der Waals surface area contributed by atoms with Crippen LogP contribution < -0.4 is 0 Å². The fourth-order valence-electron chi connectivity index (χ4n) is 4.52. The van der Waals surface area contributed by atoms with Crippen LogP contribution in [0.2, 0.25) is 0 Å². The maximum absolute atomic E-state index is 6.21.